The fourth-order valence-electron chi connectivity index (χ4n) is 3.70. The van der Waals surface area contributed by atoms with Crippen LogP contribution < -0.4 is 4.74 Å². The lowest BCUT2D eigenvalue weighted by Gasteiger charge is -2.47. The highest BCUT2D eigenvalue weighted by Crippen LogP contribution is 2.42. The predicted octanol–water partition coefficient (Wildman–Crippen LogP) is 0.864. The van der Waals surface area contributed by atoms with Gasteiger partial charge in [0.25, 0.3) is 0 Å². The SMILES string of the molecule is CCOc1ccc(Cc2cc(C3(OS(=O)(=O)OC)O[C@H](CO)[C@@H](O)[C@H](O)[C@H]3O)ccc2Cl)cc1. The third-order valence-corrected chi connectivity index (χ3v) is 6.69. The van der Waals surface area contributed by atoms with Gasteiger partial charge in [0, 0.05) is 10.6 Å². The van der Waals surface area contributed by atoms with E-state index < -0.39 is 47.2 Å². The Bertz CT molecular complexity index is 1080. The van der Waals surface area contributed by atoms with Crippen LogP contribution in [0.15, 0.2) is 42.5 Å². The second kappa shape index (κ2) is 10.9. The molecule has 2 aromatic carbocycles. The molecule has 1 saturated heterocycles. The molecular formula is C22H27ClO10S. The normalized spacial score (nSPS) is 27.5. The molecule has 10 nitrogen and oxygen atoms in total. The molecule has 0 saturated carbocycles. The number of aliphatic hydroxyl groups is 4. The molecule has 5 atom stereocenters. The second-order valence-corrected chi connectivity index (χ2v) is 9.37. The van der Waals surface area contributed by atoms with Gasteiger partial charge in [-0.2, -0.15) is 8.42 Å². The molecule has 4 N–H and O–H groups in total. The van der Waals surface area contributed by atoms with Gasteiger partial charge in [-0.15, -0.1) is 0 Å². The van der Waals surface area contributed by atoms with Gasteiger partial charge in [-0.05, 0) is 48.7 Å². The maximum Gasteiger partial charge on any atom is 0.402 e. The first-order valence-corrected chi connectivity index (χ1v) is 12.1. The summed E-state index contributed by atoms with van der Waals surface area (Å²) in [6.07, 6.45) is -6.86. The van der Waals surface area contributed by atoms with E-state index in [1.807, 2.05) is 19.1 Å². The molecule has 0 radical (unpaired) electrons. The Morgan fingerprint density at radius 3 is 2.35 bits per heavy atom. The molecule has 3 rings (SSSR count). The zero-order valence-corrected chi connectivity index (χ0v) is 20.1. The Morgan fingerprint density at radius 1 is 1.09 bits per heavy atom. The third-order valence-electron chi connectivity index (χ3n) is 5.46. The van der Waals surface area contributed by atoms with Gasteiger partial charge in [0.05, 0.1) is 20.3 Å². The van der Waals surface area contributed by atoms with Crippen LogP contribution in [0.4, 0.5) is 0 Å². The standard InChI is InChI=1S/C22H27ClO10S/c1-3-31-16-7-4-13(5-8-16)10-14-11-15(6-9-17(14)23)22(33-34(28,29)30-2)21(27)20(26)19(25)18(12-24)32-22/h4-9,11,18-21,24-27H,3,10,12H2,1-2H3/t18-,19-,20+,21-,22?/m1/s1. The maximum atomic E-state index is 12.2. The summed E-state index contributed by atoms with van der Waals surface area (Å²) in [5.74, 6) is -1.84. The average molecular weight is 519 g/mol. The van der Waals surface area contributed by atoms with Crippen molar-refractivity contribution in [2.24, 2.45) is 0 Å². The van der Waals surface area contributed by atoms with Crippen LogP contribution in [-0.2, 0) is 35.7 Å². The van der Waals surface area contributed by atoms with Gasteiger partial charge in [0.2, 0.25) is 5.79 Å². The van der Waals surface area contributed by atoms with Crippen LogP contribution in [0.3, 0.4) is 0 Å². The Hall–Kier alpha value is -1.80. The molecule has 0 aromatic heterocycles. The molecule has 2 aromatic rings. The molecule has 1 aliphatic heterocycles. The topological polar surface area (TPSA) is 152 Å². The van der Waals surface area contributed by atoms with Crippen LogP contribution in [0.5, 0.6) is 5.75 Å². The summed E-state index contributed by atoms with van der Waals surface area (Å²) in [5, 5.41) is 41.3. The van der Waals surface area contributed by atoms with Crippen molar-refractivity contribution < 1.29 is 46.7 Å². The van der Waals surface area contributed by atoms with E-state index in [-0.39, 0.29) is 5.56 Å². The minimum atomic E-state index is -4.73. The fraction of sp³-hybridized carbons (Fsp3) is 0.455. The summed E-state index contributed by atoms with van der Waals surface area (Å²) in [7, 11) is -3.89. The number of hydrogen-bond acceptors (Lipinski definition) is 10. The van der Waals surface area contributed by atoms with Crippen molar-refractivity contribution in [1.29, 1.82) is 0 Å². The maximum absolute atomic E-state index is 12.2. The first kappa shape index (κ1) is 26.8. The van der Waals surface area contributed by atoms with E-state index in [4.69, 9.17) is 25.3 Å². The summed E-state index contributed by atoms with van der Waals surface area (Å²) < 4.78 is 44.9. The van der Waals surface area contributed by atoms with E-state index in [1.165, 1.54) is 18.2 Å². The fourth-order valence-corrected chi connectivity index (χ4v) is 4.49. The molecule has 1 fully saturated rings. The van der Waals surface area contributed by atoms with Crippen molar-refractivity contribution in [3.8, 4) is 5.75 Å². The number of rotatable bonds is 9. The summed E-state index contributed by atoms with van der Waals surface area (Å²) in [6, 6.07) is 11.5. The van der Waals surface area contributed by atoms with Gasteiger partial charge in [-0.1, -0.05) is 29.8 Å². The van der Waals surface area contributed by atoms with Crippen molar-refractivity contribution in [2.45, 2.75) is 43.5 Å². The predicted molar refractivity (Wildman–Crippen MR) is 121 cm³/mol. The van der Waals surface area contributed by atoms with Crippen molar-refractivity contribution in [3.05, 3.63) is 64.2 Å². The molecule has 12 heteroatoms. The first-order valence-electron chi connectivity index (χ1n) is 10.4. The summed E-state index contributed by atoms with van der Waals surface area (Å²) in [6.45, 7) is 1.60. The van der Waals surface area contributed by atoms with Crippen molar-refractivity contribution in [3.63, 3.8) is 0 Å². The lowest BCUT2D eigenvalue weighted by atomic mass is 9.87. The van der Waals surface area contributed by atoms with Crippen molar-refractivity contribution in [1.82, 2.24) is 0 Å². The number of ether oxygens (including phenoxy) is 2. The van der Waals surface area contributed by atoms with E-state index in [1.54, 1.807) is 12.1 Å². The highest BCUT2D eigenvalue weighted by atomic mass is 35.5. The molecule has 34 heavy (non-hydrogen) atoms. The quantitative estimate of drug-likeness (QED) is 0.376. The second-order valence-electron chi connectivity index (χ2n) is 7.65. The lowest BCUT2D eigenvalue weighted by Crippen LogP contribution is -2.64. The molecule has 1 aliphatic rings. The van der Waals surface area contributed by atoms with E-state index in [0.717, 1.165) is 12.7 Å². The zero-order valence-electron chi connectivity index (χ0n) is 18.5. The summed E-state index contributed by atoms with van der Waals surface area (Å²) in [4.78, 5) is 0. The number of hydrogen-bond donors (Lipinski definition) is 4. The van der Waals surface area contributed by atoms with E-state index in [2.05, 4.69) is 4.18 Å². The van der Waals surface area contributed by atoms with E-state index >= 15 is 0 Å². The van der Waals surface area contributed by atoms with Crippen LogP contribution >= 0.6 is 11.6 Å². The number of halogens is 1. The average Bonchev–Trinajstić information content (AvgIpc) is 2.82. The van der Waals surface area contributed by atoms with E-state index in [9.17, 15) is 28.8 Å². The van der Waals surface area contributed by atoms with Crippen LogP contribution in [0.25, 0.3) is 0 Å². The van der Waals surface area contributed by atoms with Crippen LogP contribution in [0.1, 0.15) is 23.6 Å². The minimum Gasteiger partial charge on any atom is -0.494 e. The molecular weight excluding hydrogens is 492 g/mol. The van der Waals surface area contributed by atoms with Gasteiger partial charge in [0.1, 0.15) is 30.2 Å². The molecule has 1 heterocycles. The van der Waals surface area contributed by atoms with Gasteiger partial charge < -0.3 is 29.9 Å². The molecule has 0 aliphatic carbocycles. The minimum absolute atomic E-state index is 0.0321. The molecule has 0 spiro atoms. The van der Waals surface area contributed by atoms with Crippen LogP contribution in [0.2, 0.25) is 5.02 Å². The van der Waals surface area contributed by atoms with Crippen molar-refractivity contribution >= 4 is 22.0 Å². The zero-order chi connectivity index (χ0) is 25.1. The number of benzene rings is 2. The highest BCUT2D eigenvalue weighted by Gasteiger charge is 2.58. The Kier molecular flexibility index (Phi) is 8.56. The molecule has 188 valence electrons. The van der Waals surface area contributed by atoms with E-state index in [0.29, 0.717) is 29.4 Å². The largest absolute Gasteiger partial charge is 0.494 e. The Morgan fingerprint density at radius 2 is 1.76 bits per heavy atom. The monoisotopic (exact) mass is 518 g/mol. The van der Waals surface area contributed by atoms with Crippen molar-refractivity contribution in [2.75, 3.05) is 20.3 Å². The molecule has 1 unspecified atom stereocenters. The van der Waals surface area contributed by atoms with Gasteiger partial charge >= 0.3 is 10.4 Å². The number of aliphatic hydroxyl groups excluding tert-OH is 4. The Balaban J connectivity index is 2.06. The smallest absolute Gasteiger partial charge is 0.402 e. The Labute approximate surface area is 202 Å². The molecule has 0 amide bonds. The third kappa shape index (κ3) is 5.54. The van der Waals surface area contributed by atoms with Gasteiger partial charge in [-0.25, -0.2) is 4.18 Å². The first-order chi connectivity index (χ1) is 16.1. The highest BCUT2D eigenvalue weighted by molar-refractivity contribution is 7.81. The van der Waals surface area contributed by atoms with Crippen LogP contribution in [-0.4, -0.2) is 73.6 Å². The van der Waals surface area contributed by atoms with Crippen LogP contribution in [0, 0.1) is 0 Å². The lowest BCUT2D eigenvalue weighted by molar-refractivity contribution is -0.346. The summed E-state index contributed by atoms with van der Waals surface area (Å²) >= 11 is 6.37. The molecule has 0 bridgehead atoms. The van der Waals surface area contributed by atoms with Gasteiger partial charge in [0.15, 0.2) is 0 Å². The van der Waals surface area contributed by atoms with Gasteiger partial charge in [-0.3, -0.25) is 4.18 Å². The summed E-state index contributed by atoms with van der Waals surface area (Å²) in [5.41, 5.74) is 1.35.